The third kappa shape index (κ3) is 5.82. The van der Waals surface area contributed by atoms with Crippen molar-refractivity contribution < 1.29 is 9.84 Å². The lowest BCUT2D eigenvalue weighted by Crippen LogP contribution is -2.53. The molecule has 1 rings (SSSR count). The molecule has 0 bridgehead atoms. The number of nitrogens with one attached hydrogen (secondary N) is 1. The molecule has 17 heavy (non-hydrogen) atoms. The summed E-state index contributed by atoms with van der Waals surface area (Å²) in [5.41, 5.74) is -0.667. The average molecular weight is 244 g/mol. The van der Waals surface area contributed by atoms with Crippen LogP contribution in [0.2, 0.25) is 0 Å². The molecule has 2 atom stereocenters. The largest absolute Gasteiger partial charge is 0.388 e. The van der Waals surface area contributed by atoms with Crippen molar-refractivity contribution >= 4 is 0 Å². The number of hydrogen-bond donors (Lipinski definition) is 2. The maximum absolute atomic E-state index is 10.3. The second-order valence-electron chi connectivity index (χ2n) is 5.67. The average Bonchev–Trinajstić information content (AvgIpc) is 2.26. The van der Waals surface area contributed by atoms with Gasteiger partial charge in [-0.2, -0.15) is 0 Å². The highest BCUT2D eigenvalue weighted by atomic mass is 16.5. The summed E-state index contributed by atoms with van der Waals surface area (Å²) in [4.78, 5) is 2.31. The van der Waals surface area contributed by atoms with Crippen LogP contribution in [0.15, 0.2) is 0 Å². The third-order valence-corrected chi connectivity index (χ3v) is 3.13. The molecular weight excluding hydrogens is 216 g/mol. The second kappa shape index (κ2) is 6.69. The summed E-state index contributed by atoms with van der Waals surface area (Å²) < 4.78 is 5.63. The highest BCUT2D eigenvalue weighted by Gasteiger charge is 2.27. The van der Waals surface area contributed by atoms with E-state index in [2.05, 4.69) is 31.0 Å². The molecule has 102 valence electrons. The highest BCUT2D eigenvalue weighted by molar-refractivity contribution is 4.83. The van der Waals surface area contributed by atoms with E-state index in [0.717, 1.165) is 26.1 Å². The van der Waals surface area contributed by atoms with E-state index in [0.29, 0.717) is 25.2 Å². The number of nitrogens with zero attached hydrogens (tertiary/aromatic N) is 1. The minimum absolute atomic E-state index is 0.331. The zero-order valence-electron chi connectivity index (χ0n) is 11.7. The first-order valence-corrected chi connectivity index (χ1v) is 6.72. The Bertz CT molecular complexity index is 219. The molecule has 2 N–H and O–H groups in total. The van der Waals surface area contributed by atoms with Crippen LogP contribution in [-0.4, -0.2) is 60.5 Å². The molecule has 1 heterocycles. The van der Waals surface area contributed by atoms with Gasteiger partial charge in [0.1, 0.15) is 0 Å². The van der Waals surface area contributed by atoms with E-state index in [-0.39, 0.29) is 0 Å². The molecule has 4 nitrogen and oxygen atoms in total. The van der Waals surface area contributed by atoms with Crippen molar-refractivity contribution in [3.8, 4) is 0 Å². The first-order chi connectivity index (χ1) is 7.93. The molecule has 4 heteroatoms. The summed E-state index contributed by atoms with van der Waals surface area (Å²) in [5.74, 6) is 0. The Morgan fingerprint density at radius 3 is 2.82 bits per heavy atom. The minimum Gasteiger partial charge on any atom is -0.388 e. The topological polar surface area (TPSA) is 44.7 Å². The van der Waals surface area contributed by atoms with Gasteiger partial charge in [0.2, 0.25) is 0 Å². The van der Waals surface area contributed by atoms with Gasteiger partial charge in [-0.15, -0.1) is 0 Å². The number of hydrogen-bond acceptors (Lipinski definition) is 4. The van der Waals surface area contributed by atoms with Crippen molar-refractivity contribution in [1.82, 2.24) is 10.2 Å². The Balaban J connectivity index is 2.35. The molecule has 0 aromatic carbocycles. The van der Waals surface area contributed by atoms with Gasteiger partial charge in [-0.1, -0.05) is 20.8 Å². The first kappa shape index (κ1) is 14.9. The van der Waals surface area contributed by atoms with E-state index in [9.17, 15) is 5.11 Å². The van der Waals surface area contributed by atoms with E-state index in [4.69, 9.17) is 4.74 Å². The van der Waals surface area contributed by atoms with Crippen LogP contribution in [0.4, 0.5) is 0 Å². The lowest BCUT2D eigenvalue weighted by Gasteiger charge is -2.37. The maximum Gasteiger partial charge on any atom is 0.0869 e. The smallest absolute Gasteiger partial charge is 0.0869 e. The quantitative estimate of drug-likeness (QED) is 0.727. The van der Waals surface area contributed by atoms with Gasteiger partial charge in [-0.05, 0) is 13.3 Å². The van der Waals surface area contributed by atoms with Crippen molar-refractivity contribution in [2.24, 2.45) is 0 Å². The Morgan fingerprint density at radius 1 is 1.53 bits per heavy atom. The van der Waals surface area contributed by atoms with Crippen LogP contribution in [-0.2, 0) is 4.74 Å². The fraction of sp³-hybridized carbons (Fsp3) is 1.00. The Morgan fingerprint density at radius 2 is 2.24 bits per heavy atom. The normalized spacial score (nSPS) is 26.1. The standard InChI is InChI=1S/C13H28N2O2/c1-5-12-8-15(6-7-17-12)10-13(4,16)9-14-11(2)3/h11-12,14,16H,5-10H2,1-4H3. The molecule has 2 unspecified atom stereocenters. The molecule has 1 saturated heterocycles. The van der Waals surface area contributed by atoms with Crippen LogP contribution in [0.5, 0.6) is 0 Å². The predicted molar refractivity (Wildman–Crippen MR) is 70.2 cm³/mol. The molecule has 0 amide bonds. The van der Waals surface area contributed by atoms with Crippen LogP contribution in [0, 0.1) is 0 Å². The number of aliphatic hydroxyl groups is 1. The summed E-state index contributed by atoms with van der Waals surface area (Å²) >= 11 is 0. The van der Waals surface area contributed by atoms with E-state index >= 15 is 0 Å². The molecular formula is C13H28N2O2. The van der Waals surface area contributed by atoms with Crippen LogP contribution in [0.3, 0.4) is 0 Å². The van der Waals surface area contributed by atoms with Crippen LogP contribution >= 0.6 is 0 Å². The van der Waals surface area contributed by atoms with Gasteiger partial charge in [0, 0.05) is 32.2 Å². The zero-order chi connectivity index (χ0) is 12.9. The van der Waals surface area contributed by atoms with Gasteiger partial charge in [0.05, 0.1) is 18.3 Å². The van der Waals surface area contributed by atoms with Crippen molar-refractivity contribution in [2.45, 2.75) is 51.9 Å². The number of β-amino-alcohol motifs (C(OH)–C–C–N with tert-alkyl or cyclic N) is 1. The number of rotatable bonds is 6. The molecule has 1 aliphatic heterocycles. The van der Waals surface area contributed by atoms with Crippen molar-refractivity contribution in [3.05, 3.63) is 0 Å². The zero-order valence-corrected chi connectivity index (χ0v) is 11.7. The lowest BCUT2D eigenvalue weighted by molar-refractivity contribution is -0.0598. The monoisotopic (exact) mass is 244 g/mol. The van der Waals surface area contributed by atoms with Crippen molar-refractivity contribution in [1.29, 1.82) is 0 Å². The fourth-order valence-corrected chi connectivity index (χ4v) is 2.13. The Kier molecular flexibility index (Phi) is 5.86. The molecule has 1 fully saturated rings. The molecule has 0 aromatic heterocycles. The SMILES string of the molecule is CCC1CN(CC(C)(O)CNC(C)C)CCO1. The maximum atomic E-state index is 10.3. The van der Waals surface area contributed by atoms with Crippen LogP contribution in [0.25, 0.3) is 0 Å². The molecule has 0 saturated carbocycles. The van der Waals surface area contributed by atoms with Crippen LogP contribution in [0.1, 0.15) is 34.1 Å². The van der Waals surface area contributed by atoms with Gasteiger partial charge in [-0.3, -0.25) is 4.90 Å². The number of morpholine rings is 1. The lowest BCUT2D eigenvalue weighted by atomic mass is 10.0. The summed E-state index contributed by atoms with van der Waals surface area (Å²) in [7, 11) is 0. The molecule has 0 spiro atoms. The third-order valence-electron chi connectivity index (χ3n) is 3.13. The van der Waals surface area contributed by atoms with Gasteiger partial charge < -0.3 is 15.2 Å². The predicted octanol–water partition coefficient (Wildman–Crippen LogP) is 0.846. The fourth-order valence-electron chi connectivity index (χ4n) is 2.13. The van der Waals surface area contributed by atoms with E-state index in [1.807, 2.05) is 6.92 Å². The summed E-state index contributed by atoms with van der Waals surface area (Å²) in [6, 6.07) is 0.412. The van der Waals surface area contributed by atoms with Crippen LogP contribution < -0.4 is 5.32 Å². The van der Waals surface area contributed by atoms with Crippen molar-refractivity contribution in [2.75, 3.05) is 32.8 Å². The van der Waals surface area contributed by atoms with E-state index in [1.165, 1.54) is 0 Å². The number of ether oxygens (including phenoxy) is 1. The highest BCUT2D eigenvalue weighted by Crippen LogP contribution is 2.12. The van der Waals surface area contributed by atoms with E-state index in [1.54, 1.807) is 0 Å². The minimum atomic E-state index is -0.667. The van der Waals surface area contributed by atoms with E-state index < -0.39 is 5.60 Å². The Hall–Kier alpha value is -0.160. The van der Waals surface area contributed by atoms with Crippen molar-refractivity contribution in [3.63, 3.8) is 0 Å². The van der Waals surface area contributed by atoms with Gasteiger partial charge in [-0.25, -0.2) is 0 Å². The summed E-state index contributed by atoms with van der Waals surface area (Å²) in [5, 5.41) is 13.6. The van der Waals surface area contributed by atoms with Gasteiger partial charge in [0.25, 0.3) is 0 Å². The second-order valence-corrected chi connectivity index (χ2v) is 5.67. The molecule has 1 aliphatic rings. The first-order valence-electron chi connectivity index (χ1n) is 6.72. The summed E-state index contributed by atoms with van der Waals surface area (Å²) in [6.45, 7) is 12.2. The summed E-state index contributed by atoms with van der Waals surface area (Å²) in [6.07, 6.45) is 1.38. The van der Waals surface area contributed by atoms with Gasteiger partial charge >= 0.3 is 0 Å². The molecule has 0 aliphatic carbocycles. The molecule has 0 radical (unpaired) electrons. The van der Waals surface area contributed by atoms with Gasteiger partial charge in [0.15, 0.2) is 0 Å². The molecule has 0 aromatic rings. The Labute approximate surface area is 105 Å².